The molecule has 1 atom stereocenters. The largest absolute Gasteiger partial charge is 0.457 e. The SMILES string of the molecule is C[C@H]1C(=O)N(c2ccc(Oc3ccccc3)cc2)CCN1C(=O)Cc1ccccc1. The number of hydrogen-bond donors (Lipinski definition) is 0. The van der Waals surface area contributed by atoms with Crippen molar-refractivity contribution >= 4 is 17.5 Å². The van der Waals surface area contributed by atoms with Gasteiger partial charge in [-0.05, 0) is 48.9 Å². The van der Waals surface area contributed by atoms with E-state index in [9.17, 15) is 9.59 Å². The molecule has 3 aromatic rings. The summed E-state index contributed by atoms with van der Waals surface area (Å²) in [6, 6.07) is 26.2. The van der Waals surface area contributed by atoms with Crippen molar-refractivity contribution in [2.75, 3.05) is 18.0 Å². The molecule has 4 rings (SSSR count). The maximum absolute atomic E-state index is 13.0. The van der Waals surface area contributed by atoms with E-state index in [0.29, 0.717) is 25.3 Å². The number of benzene rings is 3. The van der Waals surface area contributed by atoms with Crippen LogP contribution < -0.4 is 9.64 Å². The minimum absolute atomic E-state index is 0.0201. The van der Waals surface area contributed by atoms with Crippen LogP contribution in [0.15, 0.2) is 84.9 Å². The third-order valence-electron chi connectivity index (χ3n) is 5.30. The van der Waals surface area contributed by atoms with Crippen molar-refractivity contribution < 1.29 is 14.3 Å². The van der Waals surface area contributed by atoms with Crippen LogP contribution in [0.1, 0.15) is 12.5 Å². The van der Waals surface area contributed by atoms with Gasteiger partial charge in [0.1, 0.15) is 17.5 Å². The summed E-state index contributed by atoms with van der Waals surface area (Å²) in [6.45, 7) is 2.79. The lowest BCUT2D eigenvalue weighted by Gasteiger charge is -2.39. The fourth-order valence-corrected chi connectivity index (χ4v) is 3.66. The molecule has 3 aromatic carbocycles. The van der Waals surface area contributed by atoms with Crippen LogP contribution in [0.25, 0.3) is 0 Å². The zero-order valence-corrected chi connectivity index (χ0v) is 16.9. The van der Waals surface area contributed by atoms with Crippen LogP contribution in [0.2, 0.25) is 0 Å². The summed E-state index contributed by atoms with van der Waals surface area (Å²) in [5.74, 6) is 1.38. The molecular formula is C25H24N2O3. The van der Waals surface area contributed by atoms with Crippen molar-refractivity contribution in [1.29, 1.82) is 0 Å². The number of para-hydroxylation sites is 1. The topological polar surface area (TPSA) is 49.9 Å². The Morgan fingerprint density at radius 1 is 0.867 bits per heavy atom. The lowest BCUT2D eigenvalue weighted by Crippen LogP contribution is -2.58. The molecule has 0 bridgehead atoms. The van der Waals surface area contributed by atoms with Crippen LogP contribution in [0, 0.1) is 0 Å². The van der Waals surface area contributed by atoms with E-state index in [1.54, 1.807) is 16.7 Å². The van der Waals surface area contributed by atoms with Crippen LogP contribution in [0.5, 0.6) is 11.5 Å². The van der Waals surface area contributed by atoms with Gasteiger partial charge < -0.3 is 14.5 Å². The normalized spacial score (nSPS) is 16.4. The molecule has 0 saturated carbocycles. The van der Waals surface area contributed by atoms with Gasteiger partial charge in [-0.1, -0.05) is 48.5 Å². The molecule has 5 nitrogen and oxygen atoms in total. The molecule has 0 unspecified atom stereocenters. The maximum Gasteiger partial charge on any atom is 0.249 e. The molecule has 0 N–H and O–H groups in total. The van der Waals surface area contributed by atoms with Gasteiger partial charge >= 0.3 is 0 Å². The molecule has 2 amide bonds. The third kappa shape index (κ3) is 4.35. The molecule has 0 spiro atoms. The van der Waals surface area contributed by atoms with Crippen molar-refractivity contribution in [3.63, 3.8) is 0 Å². The number of carbonyl (C=O) groups is 2. The highest BCUT2D eigenvalue weighted by atomic mass is 16.5. The van der Waals surface area contributed by atoms with Crippen LogP contribution in [-0.4, -0.2) is 35.8 Å². The first kappa shape index (κ1) is 19.7. The molecular weight excluding hydrogens is 376 g/mol. The molecule has 0 radical (unpaired) electrons. The minimum atomic E-state index is -0.491. The van der Waals surface area contributed by atoms with Gasteiger partial charge in [0.25, 0.3) is 0 Å². The molecule has 0 aliphatic carbocycles. The van der Waals surface area contributed by atoms with E-state index < -0.39 is 6.04 Å². The monoisotopic (exact) mass is 400 g/mol. The fraction of sp³-hybridized carbons (Fsp3) is 0.200. The van der Waals surface area contributed by atoms with Crippen molar-refractivity contribution in [2.24, 2.45) is 0 Å². The Labute approximate surface area is 176 Å². The number of rotatable bonds is 5. The number of carbonyl (C=O) groups excluding carboxylic acids is 2. The van der Waals surface area contributed by atoms with Crippen molar-refractivity contribution in [3.05, 3.63) is 90.5 Å². The first-order valence-corrected chi connectivity index (χ1v) is 10.1. The minimum Gasteiger partial charge on any atom is -0.457 e. The smallest absolute Gasteiger partial charge is 0.249 e. The number of ether oxygens (including phenoxy) is 1. The Bertz CT molecular complexity index is 1000. The van der Waals surface area contributed by atoms with Gasteiger partial charge in [0, 0.05) is 18.8 Å². The van der Waals surface area contributed by atoms with Crippen molar-refractivity contribution in [1.82, 2.24) is 4.90 Å². The molecule has 1 heterocycles. The van der Waals surface area contributed by atoms with Gasteiger partial charge in [-0.25, -0.2) is 0 Å². The van der Waals surface area contributed by atoms with Gasteiger partial charge in [0.15, 0.2) is 0 Å². The summed E-state index contributed by atoms with van der Waals surface area (Å²) in [5, 5.41) is 0. The number of anilines is 1. The molecule has 1 saturated heterocycles. The van der Waals surface area contributed by atoms with Crippen molar-refractivity contribution in [3.8, 4) is 11.5 Å². The van der Waals surface area contributed by atoms with Crippen molar-refractivity contribution in [2.45, 2.75) is 19.4 Å². The summed E-state index contributed by atoms with van der Waals surface area (Å²) in [6.07, 6.45) is 0.310. The van der Waals surface area contributed by atoms with E-state index in [1.807, 2.05) is 84.9 Å². The van der Waals surface area contributed by atoms with Gasteiger partial charge in [-0.15, -0.1) is 0 Å². The van der Waals surface area contributed by atoms with E-state index in [0.717, 1.165) is 17.0 Å². The van der Waals surface area contributed by atoms with Gasteiger partial charge in [0.2, 0.25) is 11.8 Å². The first-order chi connectivity index (χ1) is 14.6. The van der Waals surface area contributed by atoms with E-state index in [4.69, 9.17) is 4.74 Å². The zero-order valence-electron chi connectivity index (χ0n) is 16.9. The third-order valence-corrected chi connectivity index (χ3v) is 5.30. The Hall–Kier alpha value is -3.60. The Morgan fingerprint density at radius 3 is 2.13 bits per heavy atom. The second-order valence-corrected chi connectivity index (χ2v) is 7.32. The quantitative estimate of drug-likeness (QED) is 0.642. The van der Waals surface area contributed by atoms with E-state index in [2.05, 4.69) is 0 Å². The van der Waals surface area contributed by atoms with Gasteiger partial charge in [0.05, 0.1) is 6.42 Å². The number of piperazine rings is 1. The molecule has 0 aromatic heterocycles. The van der Waals surface area contributed by atoms with Crippen LogP contribution in [0.4, 0.5) is 5.69 Å². The Balaban J connectivity index is 1.40. The molecule has 152 valence electrons. The second kappa shape index (κ2) is 8.82. The van der Waals surface area contributed by atoms with Crippen LogP contribution in [0.3, 0.4) is 0 Å². The summed E-state index contributed by atoms with van der Waals surface area (Å²) in [5.41, 5.74) is 1.76. The molecule has 5 heteroatoms. The van der Waals surface area contributed by atoms with E-state index >= 15 is 0 Å². The lowest BCUT2D eigenvalue weighted by atomic mass is 10.1. The highest BCUT2D eigenvalue weighted by molar-refractivity contribution is 6.00. The first-order valence-electron chi connectivity index (χ1n) is 10.1. The molecule has 1 aliphatic heterocycles. The second-order valence-electron chi connectivity index (χ2n) is 7.32. The average Bonchev–Trinajstić information content (AvgIpc) is 2.78. The van der Waals surface area contributed by atoms with E-state index in [1.165, 1.54) is 0 Å². The Morgan fingerprint density at radius 2 is 1.47 bits per heavy atom. The number of amides is 2. The summed E-state index contributed by atoms with van der Waals surface area (Å²) in [7, 11) is 0. The van der Waals surface area contributed by atoms with E-state index in [-0.39, 0.29) is 11.8 Å². The summed E-state index contributed by atoms with van der Waals surface area (Å²) >= 11 is 0. The zero-order chi connectivity index (χ0) is 20.9. The van der Waals surface area contributed by atoms with Gasteiger partial charge in [-0.3, -0.25) is 9.59 Å². The fourth-order valence-electron chi connectivity index (χ4n) is 3.66. The summed E-state index contributed by atoms with van der Waals surface area (Å²) in [4.78, 5) is 29.1. The Kier molecular flexibility index (Phi) is 5.80. The molecule has 1 aliphatic rings. The molecule has 1 fully saturated rings. The lowest BCUT2D eigenvalue weighted by molar-refractivity contribution is -0.140. The maximum atomic E-state index is 13.0. The summed E-state index contributed by atoms with van der Waals surface area (Å²) < 4.78 is 5.82. The highest BCUT2D eigenvalue weighted by Crippen LogP contribution is 2.26. The predicted octanol–water partition coefficient (Wildman–Crippen LogP) is 4.29. The standard InChI is InChI=1S/C25H24N2O3/c1-19-25(29)27(17-16-26(19)24(28)18-20-8-4-2-5-9-20)21-12-14-23(15-13-21)30-22-10-6-3-7-11-22/h2-15,19H,16-18H2,1H3/t19-/m0/s1. The average molecular weight is 400 g/mol. The molecule has 30 heavy (non-hydrogen) atoms. The highest BCUT2D eigenvalue weighted by Gasteiger charge is 2.34. The van der Waals surface area contributed by atoms with Gasteiger partial charge in [-0.2, -0.15) is 0 Å². The predicted molar refractivity (Wildman–Crippen MR) is 117 cm³/mol. The van der Waals surface area contributed by atoms with Crippen LogP contribution >= 0.6 is 0 Å². The number of nitrogens with zero attached hydrogens (tertiary/aromatic N) is 2. The number of hydrogen-bond acceptors (Lipinski definition) is 3. The van der Waals surface area contributed by atoms with Crippen LogP contribution in [-0.2, 0) is 16.0 Å².